The van der Waals surface area contributed by atoms with Crippen molar-refractivity contribution in [1.82, 2.24) is 0 Å². The number of phenols is 1. The molecule has 1 aliphatic carbocycles. The summed E-state index contributed by atoms with van der Waals surface area (Å²) in [6.45, 7) is 8.87. The van der Waals surface area contributed by atoms with E-state index < -0.39 is 11.4 Å². The Labute approximate surface area is 137 Å². The lowest BCUT2D eigenvalue weighted by atomic mass is 9.52. The Morgan fingerprint density at radius 2 is 1.96 bits per heavy atom. The second-order valence-corrected chi connectivity index (χ2v) is 8.53. The Morgan fingerprint density at radius 3 is 2.57 bits per heavy atom. The van der Waals surface area contributed by atoms with Crippen molar-refractivity contribution >= 4 is 0 Å². The van der Waals surface area contributed by atoms with E-state index >= 15 is 0 Å². The number of hydrogen-bond donors (Lipinski definition) is 1. The van der Waals surface area contributed by atoms with Crippen LogP contribution in [0.15, 0.2) is 24.3 Å². The summed E-state index contributed by atoms with van der Waals surface area (Å²) < 4.78 is 6.57. The monoisotopic (exact) mass is 318 g/mol. The molecule has 0 spiro atoms. The van der Waals surface area contributed by atoms with Crippen LogP contribution in [0.5, 0.6) is 5.75 Å². The van der Waals surface area contributed by atoms with E-state index in [1.807, 2.05) is 12.1 Å². The highest BCUT2D eigenvalue weighted by molar-refractivity contribution is 5.38. The maximum Gasteiger partial charge on any atom is 0.261 e. The van der Waals surface area contributed by atoms with Gasteiger partial charge in [-0.05, 0) is 25.0 Å². The first-order valence-electron chi connectivity index (χ1n) is 8.61. The highest BCUT2D eigenvalue weighted by Gasteiger charge is 2.84. The van der Waals surface area contributed by atoms with Crippen LogP contribution in [0.4, 0.5) is 0 Å². The van der Waals surface area contributed by atoms with Gasteiger partial charge < -0.3 is 9.84 Å². The molecule has 1 saturated carbocycles. The summed E-state index contributed by atoms with van der Waals surface area (Å²) in [7, 11) is 0. The zero-order valence-corrected chi connectivity index (χ0v) is 14.4. The normalized spacial score (nSPS) is 42.7. The highest BCUT2D eigenvalue weighted by atomic mass is 17.3. The standard InChI is InChI=1S/C19H26O4/c1-16(2,3)19-17(4)11-6-5-10-15(17)21-18(19,22-23-19)13-8-7-9-14(20)12-13/h7-9,12,15,20H,5-6,10-11H2,1-4H3/t15-,17+,18-,19-/m0/s1. The predicted molar refractivity (Wildman–Crippen MR) is 85.6 cm³/mol. The predicted octanol–water partition coefficient (Wildman–Crippen LogP) is 4.27. The largest absolute Gasteiger partial charge is 0.508 e. The Balaban J connectivity index is 1.93. The molecule has 2 saturated heterocycles. The summed E-state index contributed by atoms with van der Waals surface area (Å²) in [5, 5.41) is 9.96. The number of phenolic OH excluding ortho intramolecular Hbond substituents is 1. The van der Waals surface area contributed by atoms with Crippen molar-refractivity contribution in [3.63, 3.8) is 0 Å². The molecule has 0 radical (unpaired) electrons. The van der Waals surface area contributed by atoms with Crippen LogP contribution in [-0.4, -0.2) is 16.8 Å². The van der Waals surface area contributed by atoms with Crippen molar-refractivity contribution in [3.8, 4) is 5.75 Å². The molecule has 0 aromatic heterocycles. The number of rotatable bonds is 1. The molecule has 2 heterocycles. The highest BCUT2D eigenvalue weighted by Crippen LogP contribution is 2.73. The molecule has 4 rings (SSSR count). The smallest absolute Gasteiger partial charge is 0.261 e. The lowest BCUT2D eigenvalue weighted by molar-refractivity contribution is -0.627. The van der Waals surface area contributed by atoms with Crippen molar-refractivity contribution in [2.45, 2.75) is 70.9 Å². The number of benzene rings is 1. The second-order valence-electron chi connectivity index (χ2n) is 8.53. The van der Waals surface area contributed by atoms with Gasteiger partial charge >= 0.3 is 0 Å². The van der Waals surface area contributed by atoms with E-state index in [4.69, 9.17) is 14.5 Å². The van der Waals surface area contributed by atoms with Crippen LogP contribution >= 0.6 is 0 Å². The van der Waals surface area contributed by atoms with Gasteiger partial charge in [-0.3, -0.25) is 0 Å². The van der Waals surface area contributed by atoms with Gasteiger partial charge in [-0.25, -0.2) is 4.89 Å². The SMILES string of the molecule is CC(C)(C)[C@@]12OO[C@]1(c1cccc(O)c1)O[C@H]1CCCC[C@]12C. The third-order valence-electron chi connectivity index (χ3n) is 6.27. The van der Waals surface area contributed by atoms with Gasteiger partial charge in [0.2, 0.25) is 0 Å². The zero-order valence-electron chi connectivity index (χ0n) is 14.4. The molecule has 1 N–H and O–H groups in total. The fourth-order valence-corrected chi connectivity index (χ4v) is 5.37. The summed E-state index contributed by atoms with van der Waals surface area (Å²) >= 11 is 0. The molecule has 4 heteroatoms. The number of ether oxygens (including phenoxy) is 1. The fraction of sp³-hybridized carbons (Fsp3) is 0.684. The maximum absolute atomic E-state index is 9.96. The quantitative estimate of drug-likeness (QED) is 0.786. The summed E-state index contributed by atoms with van der Waals surface area (Å²) in [6.07, 6.45) is 4.57. The second kappa shape index (κ2) is 4.50. The van der Waals surface area contributed by atoms with Crippen molar-refractivity contribution in [2.75, 3.05) is 0 Å². The van der Waals surface area contributed by atoms with E-state index in [9.17, 15) is 5.11 Å². The molecule has 126 valence electrons. The molecule has 3 aliphatic rings. The maximum atomic E-state index is 9.96. The minimum absolute atomic E-state index is 0.104. The molecule has 3 fully saturated rings. The van der Waals surface area contributed by atoms with Gasteiger partial charge in [0.25, 0.3) is 5.79 Å². The molecular weight excluding hydrogens is 292 g/mol. The molecule has 23 heavy (non-hydrogen) atoms. The van der Waals surface area contributed by atoms with E-state index in [1.165, 1.54) is 12.8 Å². The minimum Gasteiger partial charge on any atom is -0.508 e. The van der Waals surface area contributed by atoms with E-state index in [1.54, 1.807) is 12.1 Å². The third-order valence-corrected chi connectivity index (χ3v) is 6.27. The van der Waals surface area contributed by atoms with Gasteiger partial charge in [0.05, 0.1) is 6.10 Å². The molecule has 2 aliphatic heterocycles. The molecular formula is C19H26O4. The first-order valence-corrected chi connectivity index (χ1v) is 8.61. The van der Waals surface area contributed by atoms with E-state index in [2.05, 4.69) is 27.7 Å². The molecule has 0 unspecified atom stereocenters. The van der Waals surface area contributed by atoms with Crippen LogP contribution in [0, 0.1) is 10.8 Å². The van der Waals surface area contributed by atoms with Crippen LogP contribution in [0.1, 0.15) is 58.9 Å². The summed E-state index contributed by atoms with van der Waals surface area (Å²) in [6, 6.07) is 7.21. The molecule has 4 nitrogen and oxygen atoms in total. The number of fused-ring (bicyclic) bond motifs is 3. The van der Waals surface area contributed by atoms with Gasteiger partial charge in [-0.1, -0.05) is 52.7 Å². The van der Waals surface area contributed by atoms with Crippen LogP contribution in [0.3, 0.4) is 0 Å². The van der Waals surface area contributed by atoms with Crippen molar-refractivity contribution < 1.29 is 19.6 Å². The van der Waals surface area contributed by atoms with Crippen LogP contribution < -0.4 is 0 Å². The number of hydrogen-bond acceptors (Lipinski definition) is 4. The average molecular weight is 318 g/mol. The van der Waals surface area contributed by atoms with Crippen molar-refractivity contribution in [2.24, 2.45) is 10.8 Å². The lowest BCUT2D eigenvalue weighted by Gasteiger charge is -2.62. The average Bonchev–Trinajstić information content (AvgIpc) is 2.59. The molecule has 4 atom stereocenters. The van der Waals surface area contributed by atoms with Crippen LogP contribution in [-0.2, 0) is 20.3 Å². The Hall–Kier alpha value is -1.10. The summed E-state index contributed by atoms with van der Waals surface area (Å²) in [5.74, 6) is -0.716. The number of aromatic hydroxyl groups is 1. The first kappa shape index (κ1) is 15.4. The van der Waals surface area contributed by atoms with Crippen LogP contribution in [0.25, 0.3) is 0 Å². The molecule has 1 aromatic rings. The van der Waals surface area contributed by atoms with Gasteiger partial charge in [0.15, 0.2) is 5.60 Å². The van der Waals surface area contributed by atoms with E-state index in [-0.39, 0.29) is 22.7 Å². The van der Waals surface area contributed by atoms with Gasteiger partial charge in [-0.2, -0.15) is 4.89 Å². The minimum atomic E-state index is -0.937. The van der Waals surface area contributed by atoms with Gasteiger partial charge in [0, 0.05) is 16.4 Å². The first-order chi connectivity index (χ1) is 10.8. The van der Waals surface area contributed by atoms with Crippen LogP contribution in [0.2, 0.25) is 0 Å². The Kier molecular flexibility index (Phi) is 3.02. The van der Waals surface area contributed by atoms with Crippen molar-refractivity contribution in [1.29, 1.82) is 0 Å². The van der Waals surface area contributed by atoms with Gasteiger partial charge in [0.1, 0.15) is 5.75 Å². The third kappa shape index (κ3) is 1.62. The fourth-order valence-electron chi connectivity index (χ4n) is 5.37. The Bertz CT molecular complexity index is 637. The molecule has 0 amide bonds. The summed E-state index contributed by atoms with van der Waals surface area (Å²) in [5.41, 5.74) is 0.00528. The topological polar surface area (TPSA) is 47.9 Å². The van der Waals surface area contributed by atoms with E-state index in [0.29, 0.717) is 0 Å². The van der Waals surface area contributed by atoms with E-state index in [0.717, 1.165) is 18.4 Å². The lowest BCUT2D eigenvalue weighted by Crippen LogP contribution is -2.73. The zero-order chi connectivity index (χ0) is 16.5. The molecule has 0 bridgehead atoms. The summed E-state index contributed by atoms with van der Waals surface area (Å²) in [4.78, 5) is 11.7. The van der Waals surface area contributed by atoms with Crippen molar-refractivity contribution in [3.05, 3.63) is 29.8 Å². The molecule has 1 aromatic carbocycles. The van der Waals surface area contributed by atoms with Gasteiger partial charge in [-0.15, -0.1) is 0 Å². The Morgan fingerprint density at radius 1 is 1.17 bits per heavy atom.